The number of nitrogens with two attached hydrogens (primary N) is 1. The lowest BCUT2D eigenvalue weighted by molar-refractivity contribution is -0.384. The van der Waals surface area contributed by atoms with E-state index < -0.39 is 4.92 Å². The maximum absolute atomic E-state index is 10.8. The number of nitro benzene ring substituents is 1. The second-order valence-corrected chi connectivity index (χ2v) is 9.35. The number of thioether (sulfide) groups is 2. The summed E-state index contributed by atoms with van der Waals surface area (Å²) in [4.78, 5) is 10.4. The van der Waals surface area contributed by atoms with Gasteiger partial charge in [0.15, 0.2) is 0 Å². The van der Waals surface area contributed by atoms with Gasteiger partial charge in [-0.25, -0.2) is 0 Å². The lowest BCUT2D eigenvalue weighted by Gasteiger charge is -2.10. The Morgan fingerprint density at radius 2 is 1.50 bits per heavy atom. The van der Waals surface area contributed by atoms with E-state index in [1.54, 1.807) is 58.3 Å². The van der Waals surface area contributed by atoms with E-state index in [0.29, 0.717) is 5.70 Å². The van der Waals surface area contributed by atoms with Gasteiger partial charge in [-0.1, -0.05) is 35.7 Å². The molecule has 8 heteroatoms. The molecule has 0 aliphatic carbocycles. The summed E-state index contributed by atoms with van der Waals surface area (Å²) in [5.74, 6) is 0. The average Bonchev–Trinajstić information content (AvgIpc) is 3.27. The summed E-state index contributed by atoms with van der Waals surface area (Å²) >= 11 is 6.55. The molecule has 2 heterocycles. The number of rotatable bonds is 6. The number of benzene rings is 1. The summed E-state index contributed by atoms with van der Waals surface area (Å²) in [6.07, 6.45) is 0. The van der Waals surface area contributed by atoms with E-state index in [1.807, 2.05) is 35.0 Å². The van der Waals surface area contributed by atoms with Crippen molar-refractivity contribution in [3.8, 4) is 0 Å². The minimum absolute atomic E-state index is 0.0601. The van der Waals surface area contributed by atoms with E-state index in [0.717, 1.165) is 18.2 Å². The van der Waals surface area contributed by atoms with Crippen molar-refractivity contribution in [2.24, 2.45) is 5.73 Å². The summed E-state index contributed by atoms with van der Waals surface area (Å²) in [6.45, 7) is 0. The fourth-order valence-electron chi connectivity index (χ4n) is 1.84. The van der Waals surface area contributed by atoms with Crippen LogP contribution in [0.4, 0.5) is 5.69 Å². The Morgan fingerprint density at radius 1 is 0.958 bits per heavy atom. The zero-order valence-corrected chi connectivity index (χ0v) is 15.5. The molecule has 0 aliphatic heterocycles. The lowest BCUT2D eigenvalue weighted by Crippen LogP contribution is -1.99. The van der Waals surface area contributed by atoms with E-state index in [1.165, 1.54) is 12.1 Å². The van der Waals surface area contributed by atoms with Crippen LogP contribution in [0.2, 0.25) is 0 Å². The second-order valence-electron chi connectivity index (χ2n) is 4.57. The molecular formula is C16H12N2O2S4. The minimum atomic E-state index is -0.411. The van der Waals surface area contributed by atoms with Gasteiger partial charge in [0.2, 0.25) is 0 Å². The van der Waals surface area contributed by atoms with Crippen LogP contribution in [0, 0.1) is 10.1 Å². The molecule has 2 N–H and O–H groups in total. The van der Waals surface area contributed by atoms with E-state index in [9.17, 15) is 10.1 Å². The van der Waals surface area contributed by atoms with Crippen molar-refractivity contribution >= 4 is 57.6 Å². The Bertz CT molecular complexity index is 803. The molecule has 2 aromatic heterocycles. The van der Waals surface area contributed by atoms with Gasteiger partial charge in [0, 0.05) is 12.1 Å². The highest BCUT2D eigenvalue weighted by Crippen LogP contribution is 2.45. The normalized spacial score (nSPS) is 10.5. The van der Waals surface area contributed by atoms with Crippen molar-refractivity contribution in [1.29, 1.82) is 0 Å². The highest BCUT2D eigenvalue weighted by Gasteiger charge is 2.13. The van der Waals surface area contributed by atoms with Gasteiger partial charge >= 0.3 is 0 Å². The summed E-state index contributed by atoms with van der Waals surface area (Å²) in [7, 11) is 0. The first-order valence-electron chi connectivity index (χ1n) is 6.81. The number of thiophene rings is 2. The Kier molecular flexibility index (Phi) is 5.62. The predicted molar refractivity (Wildman–Crippen MR) is 105 cm³/mol. The first-order valence-corrected chi connectivity index (χ1v) is 10.2. The second kappa shape index (κ2) is 7.89. The SMILES string of the molecule is NC(=C(Sc1cccs1)Sc1cccs1)c1ccc([N+](=O)[O-])cc1. The summed E-state index contributed by atoms with van der Waals surface area (Å²) < 4.78 is 3.27. The quantitative estimate of drug-likeness (QED) is 0.322. The molecule has 0 radical (unpaired) electrons. The highest BCUT2D eigenvalue weighted by atomic mass is 32.2. The Balaban J connectivity index is 1.94. The molecular weight excluding hydrogens is 380 g/mol. The third-order valence-corrected chi connectivity index (χ3v) is 7.37. The van der Waals surface area contributed by atoms with Crippen LogP contribution in [0.5, 0.6) is 0 Å². The van der Waals surface area contributed by atoms with Crippen LogP contribution in [0.3, 0.4) is 0 Å². The first-order chi connectivity index (χ1) is 11.6. The molecule has 1 aromatic carbocycles. The fraction of sp³-hybridized carbons (Fsp3) is 0. The van der Waals surface area contributed by atoms with Crippen LogP contribution in [0.25, 0.3) is 5.70 Å². The van der Waals surface area contributed by atoms with Crippen molar-refractivity contribution < 1.29 is 4.92 Å². The van der Waals surface area contributed by atoms with Gasteiger partial charge < -0.3 is 5.73 Å². The molecule has 0 unspecified atom stereocenters. The monoisotopic (exact) mass is 392 g/mol. The summed E-state index contributed by atoms with van der Waals surface area (Å²) in [5, 5.41) is 14.8. The standard InChI is InChI=1S/C16H12N2O2S4/c17-15(11-5-7-12(8-6-11)18(19)20)16(23-13-3-1-9-21-13)24-14-4-2-10-22-14/h1-10H,17H2. The molecule has 24 heavy (non-hydrogen) atoms. The summed E-state index contributed by atoms with van der Waals surface area (Å²) in [5.41, 5.74) is 7.84. The molecule has 3 rings (SSSR count). The fourth-order valence-corrected chi connectivity index (χ4v) is 6.09. The molecule has 122 valence electrons. The molecule has 3 aromatic rings. The van der Waals surface area contributed by atoms with Crippen LogP contribution in [0.1, 0.15) is 5.56 Å². The molecule has 4 nitrogen and oxygen atoms in total. The van der Waals surface area contributed by atoms with Crippen LogP contribution >= 0.6 is 46.2 Å². The van der Waals surface area contributed by atoms with Crippen molar-refractivity contribution in [3.05, 3.63) is 79.2 Å². The maximum Gasteiger partial charge on any atom is 0.269 e. The predicted octanol–water partition coefficient (Wildman–Crippen LogP) is 5.89. The topological polar surface area (TPSA) is 69.2 Å². The average molecular weight is 393 g/mol. The number of non-ortho nitro benzene ring substituents is 1. The van der Waals surface area contributed by atoms with Crippen molar-refractivity contribution in [2.45, 2.75) is 8.42 Å². The number of hydrogen-bond donors (Lipinski definition) is 1. The van der Waals surface area contributed by atoms with Gasteiger partial charge in [-0.15, -0.1) is 22.7 Å². The molecule has 0 bridgehead atoms. The Hall–Kier alpha value is -1.74. The van der Waals surface area contributed by atoms with Gasteiger partial charge in [-0.05, 0) is 40.6 Å². The van der Waals surface area contributed by atoms with Gasteiger partial charge in [-0.2, -0.15) is 0 Å². The number of hydrogen-bond acceptors (Lipinski definition) is 7. The third kappa shape index (κ3) is 4.21. The molecule has 0 saturated heterocycles. The van der Waals surface area contributed by atoms with Crippen molar-refractivity contribution in [2.75, 3.05) is 0 Å². The molecule has 0 aliphatic rings. The maximum atomic E-state index is 10.8. The largest absolute Gasteiger partial charge is 0.397 e. The zero-order chi connectivity index (χ0) is 16.9. The van der Waals surface area contributed by atoms with Gasteiger partial charge in [-0.3, -0.25) is 10.1 Å². The van der Waals surface area contributed by atoms with E-state index in [4.69, 9.17) is 5.73 Å². The van der Waals surface area contributed by atoms with E-state index in [2.05, 4.69) is 0 Å². The summed E-state index contributed by atoms with van der Waals surface area (Å²) in [6, 6.07) is 14.4. The highest BCUT2D eigenvalue weighted by molar-refractivity contribution is 8.23. The third-order valence-electron chi connectivity index (χ3n) is 2.99. The Labute approximate surface area is 155 Å². The van der Waals surface area contributed by atoms with Crippen LogP contribution in [0.15, 0.2) is 71.9 Å². The molecule has 0 amide bonds. The number of nitrogens with zero attached hydrogens (tertiary/aromatic N) is 1. The molecule has 0 atom stereocenters. The first kappa shape index (κ1) is 17.1. The van der Waals surface area contributed by atoms with Gasteiger partial charge in [0.05, 0.1) is 23.3 Å². The minimum Gasteiger partial charge on any atom is -0.397 e. The van der Waals surface area contributed by atoms with Crippen LogP contribution in [-0.4, -0.2) is 4.92 Å². The van der Waals surface area contributed by atoms with E-state index >= 15 is 0 Å². The van der Waals surface area contributed by atoms with Crippen LogP contribution in [-0.2, 0) is 0 Å². The van der Waals surface area contributed by atoms with Crippen molar-refractivity contribution in [3.63, 3.8) is 0 Å². The van der Waals surface area contributed by atoms with Gasteiger partial charge in [0.25, 0.3) is 5.69 Å². The smallest absolute Gasteiger partial charge is 0.269 e. The zero-order valence-electron chi connectivity index (χ0n) is 12.2. The van der Waals surface area contributed by atoms with Crippen LogP contribution < -0.4 is 5.73 Å². The molecule has 0 spiro atoms. The molecule has 0 saturated carbocycles. The number of nitro groups is 1. The van der Waals surface area contributed by atoms with Gasteiger partial charge in [0.1, 0.15) is 0 Å². The lowest BCUT2D eigenvalue weighted by atomic mass is 10.2. The Morgan fingerprint density at radius 3 is 1.92 bits per heavy atom. The van der Waals surface area contributed by atoms with E-state index in [-0.39, 0.29) is 5.69 Å². The molecule has 0 fully saturated rings. The van der Waals surface area contributed by atoms with Crippen molar-refractivity contribution in [1.82, 2.24) is 0 Å².